The van der Waals surface area contributed by atoms with Crippen LogP contribution in [0.2, 0.25) is 0 Å². The van der Waals surface area contributed by atoms with E-state index in [9.17, 15) is 5.11 Å². The maximum Gasteiger partial charge on any atom is 0.126 e. The number of benzene rings is 1. The maximum atomic E-state index is 10.0. The fourth-order valence-electron chi connectivity index (χ4n) is 1.87. The fraction of sp³-hybridized carbons (Fsp3) is 0.231. The van der Waals surface area contributed by atoms with Crippen LogP contribution in [-0.4, -0.2) is 22.4 Å². The molecule has 0 saturated carbocycles. The highest BCUT2D eigenvalue weighted by atomic mass is 79.9. The molecular weight excluding hydrogens is 348 g/mol. The third-order valence-corrected chi connectivity index (χ3v) is 4.09. The van der Waals surface area contributed by atoms with Gasteiger partial charge in [-0.05, 0) is 17.7 Å². The van der Waals surface area contributed by atoms with Gasteiger partial charge in [0.1, 0.15) is 5.60 Å². The lowest BCUT2D eigenvalue weighted by molar-refractivity contribution is 0.0659. The Balaban J connectivity index is 2.40. The molecule has 0 fully saturated rings. The van der Waals surface area contributed by atoms with Crippen LogP contribution in [-0.2, 0) is 0 Å². The highest BCUT2D eigenvalue weighted by Gasteiger charge is 2.31. The smallest absolute Gasteiger partial charge is 0.126 e. The lowest BCUT2D eigenvalue weighted by atomic mass is 9.88. The number of hydrogen-bond acceptors (Lipinski definition) is 2. The Morgan fingerprint density at radius 3 is 2.06 bits per heavy atom. The number of halogens is 2. The number of aliphatic hydroxyl groups excluding tert-OH is 1. The van der Waals surface area contributed by atoms with E-state index in [1.54, 1.807) is 12.2 Å². The van der Waals surface area contributed by atoms with Crippen LogP contribution < -0.4 is 0 Å². The van der Waals surface area contributed by atoms with Crippen molar-refractivity contribution in [3.05, 3.63) is 57.0 Å². The fourth-order valence-corrected chi connectivity index (χ4v) is 3.99. The second-order valence-corrected chi connectivity index (χ2v) is 5.88. The molecule has 0 spiro atoms. The molecule has 2 rings (SSSR count). The summed E-state index contributed by atoms with van der Waals surface area (Å²) >= 11 is 6.93. The van der Waals surface area contributed by atoms with Crippen molar-refractivity contribution in [2.24, 2.45) is 0 Å². The van der Waals surface area contributed by atoms with E-state index in [4.69, 9.17) is 5.11 Å². The van der Waals surface area contributed by atoms with E-state index < -0.39 is 5.60 Å². The third kappa shape index (κ3) is 2.71. The molecule has 1 aliphatic rings. The molecule has 0 atom stereocenters. The van der Waals surface area contributed by atoms with Crippen LogP contribution in [0.3, 0.4) is 0 Å². The summed E-state index contributed by atoms with van der Waals surface area (Å²) in [5.74, 6) is 0.0445. The monoisotopic (exact) mass is 358 g/mol. The van der Waals surface area contributed by atoms with Gasteiger partial charge in [0.2, 0.25) is 0 Å². The van der Waals surface area contributed by atoms with Crippen LogP contribution in [0.4, 0.5) is 0 Å². The summed E-state index contributed by atoms with van der Waals surface area (Å²) < 4.78 is 1.68. The highest BCUT2D eigenvalue weighted by Crippen LogP contribution is 2.43. The Bertz CT molecular complexity index is 446. The number of aliphatic hydroxyl groups is 2. The first-order chi connectivity index (χ1) is 8.06. The number of rotatable bonds is 2. The summed E-state index contributed by atoms with van der Waals surface area (Å²) in [5, 5.41) is 19.2. The van der Waals surface area contributed by atoms with Gasteiger partial charge in [0.15, 0.2) is 0 Å². The van der Waals surface area contributed by atoms with E-state index >= 15 is 0 Å². The minimum atomic E-state index is -1.29. The first-order valence-electron chi connectivity index (χ1n) is 5.20. The van der Waals surface area contributed by atoms with E-state index in [1.807, 2.05) is 30.3 Å². The molecule has 0 bridgehead atoms. The average molecular weight is 360 g/mol. The normalized spacial score (nSPS) is 28.6. The van der Waals surface area contributed by atoms with E-state index in [2.05, 4.69) is 31.9 Å². The molecule has 0 aliphatic heterocycles. The van der Waals surface area contributed by atoms with Gasteiger partial charge in [-0.2, -0.15) is 0 Å². The highest BCUT2D eigenvalue weighted by molar-refractivity contribution is 9.12. The predicted octanol–water partition coefficient (Wildman–Crippen LogP) is 3.06. The van der Waals surface area contributed by atoms with E-state index in [0.717, 1.165) is 14.5 Å². The number of hydrogen-bond donors (Lipinski definition) is 2. The Labute approximate surface area is 117 Å². The van der Waals surface area contributed by atoms with Gasteiger partial charge in [0, 0.05) is 14.9 Å². The Hall–Kier alpha value is -0.420. The van der Waals surface area contributed by atoms with Crippen LogP contribution in [0.15, 0.2) is 51.4 Å². The zero-order valence-corrected chi connectivity index (χ0v) is 12.1. The zero-order chi connectivity index (χ0) is 12.5. The van der Waals surface area contributed by atoms with Crippen molar-refractivity contribution in [1.82, 2.24) is 0 Å². The molecular formula is C13H12Br2O2. The quantitative estimate of drug-likeness (QED) is 0.851. The van der Waals surface area contributed by atoms with Gasteiger partial charge in [-0.1, -0.05) is 62.2 Å². The summed E-state index contributed by atoms with van der Waals surface area (Å²) in [4.78, 5) is 0. The summed E-state index contributed by atoms with van der Waals surface area (Å²) in [6, 6.07) is 9.97. The third-order valence-electron chi connectivity index (χ3n) is 2.71. The second-order valence-electron chi connectivity index (χ2n) is 4.05. The maximum absolute atomic E-state index is 10.0. The molecule has 1 aliphatic carbocycles. The van der Waals surface area contributed by atoms with Gasteiger partial charge >= 0.3 is 0 Å². The van der Waals surface area contributed by atoms with Gasteiger partial charge < -0.3 is 10.2 Å². The lowest BCUT2D eigenvalue weighted by Gasteiger charge is -2.29. The standard InChI is InChI=1S/C13H12Br2O2/c14-10-6-13(17,8-16)7-11(15)12(10)9-4-2-1-3-5-9/h1-7,12,16-17H,8H2. The molecule has 90 valence electrons. The van der Waals surface area contributed by atoms with Crippen molar-refractivity contribution in [3.63, 3.8) is 0 Å². The summed E-state index contributed by atoms with van der Waals surface area (Å²) in [6.45, 7) is -0.335. The van der Waals surface area contributed by atoms with Gasteiger partial charge in [-0.3, -0.25) is 0 Å². The van der Waals surface area contributed by atoms with Gasteiger partial charge in [0.05, 0.1) is 6.61 Å². The average Bonchev–Trinajstić information content (AvgIpc) is 2.29. The molecule has 0 amide bonds. The first-order valence-corrected chi connectivity index (χ1v) is 6.79. The van der Waals surface area contributed by atoms with Crippen molar-refractivity contribution in [1.29, 1.82) is 0 Å². The molecule has 0 saturated heterocycles. The van der Waals surface area contributed by atoms with Crippen LogP contribution in [0, 0.1) is 0 Å². The van der Waals surface area contributed by atoms with Gasteiger partial charge in [0.25, 0.3) is 0 Å². The van der Waals surface area contributed by atoms with Crippen molar-refractivity contribution < 1.29 is 10.2 Å². The van der Waals surface area contributed by atoms with Gasteiger partial charge in [-0.15, -0.1) is 0 Å². The molecule has 4 heteroatoms. The van der Waals surface area contributed by atoms with Crippen LogP contribution >= 0.6 is 31.9 Å². The second kappa shape index (κ2) is 5.06. The van der Waals surface area contributed by atoms with Crippen molar-refractivity contribution in [2.45, 2.75) is 11.5 Å². The van der Waals surface area contributed by atoms with Crippen molar-refractivity contribution in [2.75, 3.05) is 6.61 Å². The lowest BCUT2D eigenvalue weighted by Crippen LogP contribution is -2.31. The van der Waals surface area contributed by atoms with E-state index in [0.29, 0.717) is 0 Å². The summed E-state index contributed by atoms with van der Waals surface area (Å²) in [6.07, 6.45) is 3.27. The molecule has 17 heavy (non-hydrogen) atoms. The SMILES string of the molecule is OCC1(O)C=C(Br)C(c2ccccc2)C(Br)=C1. The Morgan fingerprint density at radius 1 is 1.06 bits per heavy atom. The largest absolute Gasteiger partial charge is 0.393 e. The number of allylic oxidation sites excluding steroid dienone is 2. The summed E-state index contributed by atoms with van der Waals surface area (Å²) in [5.41, 5.74) is -0.165. The van der Waals surface area contributed by atoms with E-state index in [1.165, 1.54) is 0 Å². The molecule has 0 unspecified atom stereocenters. The zero-order valence-electron chi connectivity index (χ0n) is 8.98. The molecule has 0 aromatic heterocycles. The molecule has 0 radical (unpaired) electrons. The van der Waals surface area contributed by atoms with Crippen LogP contribution in [0.1, 0.15) is 11.5 Å². The van der Waals surface area contributed by atoms with Crippen molar-refractivity contribution >= 4 is 31.9 Å². The molecule has 0 heterocycles. The minimum absolute atomic E-state index is 0.0445. The predicted molar refractivity (Wildman–Crippen MR) is 75.2 cm³/mol. The topological polar surface area (TPSA) is 40.5 Å². The Morgan fingerprint density at radius 2 is 1.59 bits per heavy atom. The Kier molecular flexibility index (Phi) is 3.88. The minimum Gasteiger partial charge on any atom is -0.393 e. The molecule has 1 aromatic carbocycles. The van der Waals surface area contributed by atoms with E-state index in [-0.39, 0.29) is 12.5 Å². The molecule has 1 aromatic rings. The van der Waals surface area contributed by atoms with Crippen LogP contribution in [0.5, 0.6) is 0 Å². The van der Waals surface area contributed by atoms with Crippen LogP contribution in [0.25, 0.3) is 0 Å². The molecule has 2 nitrogen and oxygen atoms in total. The van der Waals surface area contributed by atoms with Gasteiger partial charge in [-0.25, -0.2) is 0 Å². The first kappa shape index (κ1) is 13.0. The van der Waals surface area contributed by atoms with Crippen molar-refractivity contribution in [3.8, 4) is 0 Å². The molecule has 2 N–H and O–H groups in total. The summed E-state index contributed by atoms with van der Waals surface area (Å²) in [7, 11) is 0.